The summed E-state index contributed by atoms with van der Waals surface area (Å²) < 4.78 is 24.7. The first-order chi connectivity index (χ1) is 9.27. The van der Waals surface area contributed by atoms with Crippen LogP contribution in [0.15, 0.2) is 50.2 Å². The molecule has 2 rings (SSSR count). The topological polar surface area (TPSA) is 72.2 Å². The van der Waals surface area contributed by atoms with Gasteiger partial charge in [-0.15, -0.1) is 0 Å². The van der Waals surface area contributed by atoms with Crippen LogP contribution in [-0.4, -0.2) is 14.7 Å². The molecule has 106 valence electrons. The molecule has 0 unspecified atom stereocenters. The van der Waals surface area contributed by atoms with E-state index in [0.717, 1.165) is 20.9 Å². The number of anilines is 3. The Morgan fingerprint density at radius 2 is 1.70 bits per heavy atom. The second-order valence-corrected chi connectivity index (χ2v) is 8.06. The van der Waals surface area contributed by atoms with E-state index >= 15 is 0 Å². The van der Waals surface area contributed by atoms with Crippen molar-refractivity contribution in [3.05, 3.63) is 45.3 Å². The number of nitrogen functional groups attached to an aromatic ring is 1. The van der Waals surface area contributed by atoms with Crippen LogP contribution in [0.1, 0.15) is 0 Å². The normalized spacial score (nSPS) is 11.3. The van der Waals surface area contributed by atoms with Gasteiger partial charge in [0.1, 0.15) is 0 Å². The van der Waals surface area contributed by atoms with Crippen LogP contribution >= 0.6 is 31.9 Å². The van der Waals surface area contributed by atoms with Crippen molar-refractivity contribution < 1.29 is 8.42 Å². The lowest BCUT2D eigenvalue weighted by atomic mass is 10.2. The molecule has 0 spiro atoms. The number of rotatable bonds is 3. The maximum absolute atomic E-state index is 11.5. The van der Waals surface area contributed by atoms with Gasteiger partial charge in [0, 0.05) is 15.2 Å². The van der Waals surface area contributed by atoms with Crippen LogP contribution in [0.25, 0.3) is 0 Å². The number of benzene rings is 2. The molecule has 0 amide bonds. The van der Waals surface area contributed by atoms with E-state index in [9.17, 15) is 8.42 Å². The van der Waals surface area contributed by atoms with E-state index in [2.05, 4.69) is 37.2 Å². The Hall–Kier alpha value is -1.05. The molecule has 0 aliphatic carbocycles. The summed E-state index contributed by atoms with van der Waals surface area (Å²) in [6, 6.07) is 10.3. The van der Waals surface area contributed by atoms with Crippen molar-refractivity contribution in [2.75, 3.05) is 17.3 Å². The molecular formula is C13H12Br2N2O2S. The number of hydrogen-bond donors (Lipinski definition) is 2. The lowest BCUT2D eigenvalue weighted by molar-refractivity contribution is 0.602. The molecule has 0 aromatic heterocycles. The molecule has 0 bridgehead atoms. The lowest BCUT2D eigenvalue weighted by Crippen LogP contribution is -2.01. The van der Waals surface area contributed by atoms with E-state index in [4.69, 9.17) is 5.73 Å². The Labute approximate surface area is 134 Å². The van der Waals surface area contributed by atoms with Gasteiger partial charge in [-0.25, -0.2) is 8.42 Å². The SMILES string of the molecule is CS(=O)(=O)c1ccc(Nc2ccc(Br)cc2Br)c(N)c1. The van der Waals surface area contributed by atoms with Crippen molar-refractivity contribution in [1.82, 2.24) is 0 Å². The fraction of sp³-hybridized carbons (Fsp3) is 0.0769. The van der Waals surface area contributed by atoms with Crippen LogP contribution in [0.4, 0.5) is 17.1 Å². The molecule has 0 saturated carbocycles. The third-order valence-corrected chi connectivity index (χ3v) is 4.91. The molecule has 0 aliphatic rings. The predicted molar refractivity (Wildman–Crippen MR) is 89.1 cm³/mol. The molecule has 0 heterocycles. The van der Waals surface area contributed by atoms with Gasteiger partial charge in [-0.2, -0.15) is 0 Å². The average molecular weight is 420 g/mol. The summed E-state index contributed by atoms with van der Waals surface area (Å²) in [5.41, 5.74) is 7.76. The Bertz CT molecular complexity index is 761. The monoisotopic (exact) mass is 418 g/mol. The van der Waals surface area contributed by atoms with Crippen LogP contribution in [0.3, 0.4) is 0 Å². The highest BCUT2D eigenvalue weighted by Crippen LogP contribution is 2.31. The van der Waals surface area contributed by atoms with Gasteiger partial charge in [0.15, 0.2) is 9.84 Å². The maximum atomic E-state index is 11.5. The van der Waals surface area contributed by atoms with Gasteiger partial charge in [0.2, 0.25) is 0 Å². The van der Waals surface area contributed by atoms with Gasteiger partial charge >= 0.3 is 0 Å². The molecule has 2 aromatic rings. The smallest absolute Gasteiger partial charge is 0.175 e. The molecule has 0 fully saturated rings. The quantitative estimate of drug-likeness (QED) is 0.739. The Morgan fingerprint density at radius 1 is 1.05 bits per heavy atom. The van der Waals surface area contributed by atoms with Crippen molar-refractivity contribution in [1.29, 1.82) is 0 Å². The molecule has 7 heteroatoms. The van der Waals surface area contributed by atoms with Crippen LogP contribution in [0.5, 0.6) is 0 Å². The first kappa shape index (κ1) is 15.3. The van der Waals surface area contributed by atoms with Gasteiger partial charge in [-0.05, 0) is 52.3 Å². The third kappa shape index (κ3) is 3.53. The first-order valence-electron chi connectivity index (χ1n) is 5.59. The van der Waals surface area contributed by atoms with Gasteiger partial charge in [0.05, 0.1) is 22.0 Å². The summed E-state index contributed by atoms with van der Waals surface area (Å²) in [7, 11) is -3.25. The molecule has 4 nitrogen and oxygen atoms in total. The number of nitrogens with one attached hydrogen (secondary N) is 1. The Balaban J connectivity index is 2.35. The highest BCUT2D eigenvalue weighted by molar-refractivity contribution is 9.11. The minimum atomic E-state index is -3.25. The second kappa shape index (κ2) is 5.75. The Kier molecular flexibility index (Phi) is 4.41. The van der Waals surface area contributed by atoms with Crippen LogP contribution in [0.2, 0.25) is 0 Å². The number of sulfone groups is 1. The van der Waals surface area contributed by atoms with E-state index in [1.54, 1.807) is 6.07 Å². The zero-order valence-corrected chi connectivity index (χ0v) is 14.5. The summed E-state index contributed by atoms with van der Waals surface area (Å²) in [6.45, 7) is 0. The standard InChI is InChI=1S/C13H12Br2N2O2S/c1-20(18,19)9-3-5-13(11(16)7-9)17-12-4-2-8(14)6-10(12)15/h2-7,17H,16H2,1H3. The predicted octanol–water partition coefficient (Wildman–Crippen LogP) is 3.94. The number of nitrogens with two attached hydrogens (primary N) is 1. The zero-order chi connectivity index (χ0) is 14.9. The highest BCUT2D eigenvalue weighted by Gasteiger charge is 2.10. The third-order valence-electron chi connectivity index (χ3n) is 2.65. The van der Waals surface area contributed by atoms with Crippen molar-refractivity contribution >= 4 is 58.8 Å². The zero-order valence-electron chi connectivity index (χ0n) is 10.5. The molecule has 2 aromatic carbocycles. The summed E-state index contributed by atoms with van der Waals surface area (Å²) in [5.74, 6) is 0. The van der Waals surface area contributed by atoms with Crippen LogP contribution < -0.4 is 11.1 Å². The number of hydrogen-bond acceptors (Lipinski definition) is 4. The second-order valence-electron chi connectivity index (χ2n) is 4.27. The summed E-state index contributed by atoms with van der Waals surface area (Å²) in [5, 5.41) is 3.16. The first-order valence-corrected chi connectivity index (χ1v) is 9.07. The van der Waals surface area contributed by atoms with Crippen LogP contribution in [-0.2, 0) is 9.84 Å². The van der Waals surface area contributed by atoms with E-state index in [-0.39, 0.29) is 4.90 Å². The van der Waals surface area contributed by atoms with Gasteiger partial charge in [-0.3, -0.25) is 0 Å². The molecule has 0 saturated heterocycles. The molecule has 20 heavy (non-hydrogen) atoms. The molecule has 0 atom stereocenters. The van der Waals surface area contributed by atoms with Crippen LogP contribution in [0, 0.1) is 0 Å². The van der Waals surface area contributed by atoms with Crippen molar-refractivity contribution in [2.45, 2.75) is 4.90 Å². The summed E-state index contributed by atoms with van der Waals surface area (Å²) >= 11 is 6.82. The van der Waals surface area contributed by atoms with Crippen molar-refractivity contribution in [3.63, 3.8) is 0 Å². The molecule has 0 aliphatic heterocycles. The minimum absolute atomic E-state index is 0.204. The fourth-order valence-electron chi connectivity index (χ4n) is 1.62. The summed E-state index contributed by atoms with van der Waals surface area (Å²) in [6.07, 6.45) is 1.15. The summed E-state index contributed by atoms with van der Waals surface area (Å²) in [4.78, 5) is 0.204. The average Bonchev–Trinajstić information content (AvgIpc) is 2.33. The number of halogens is 2. The molecule has 0 radical (unpaired) electrons. The lowest BCUT2D eigenvalue weighted by Gasteiger charge is -2.12. The van der Waals surface area contributed by atoms with Crippen molar-refractivity contribution in [2.24, 2.45) is 0 Å². The fourth-order valence-corrected chi connectivity index (χ4v) is 3.42. The van der Waals surface area contributed by atoms with E-state index < -0.39 is 9.84 Å². The Morgan fingerprint density at radius 3 is 2.25 bits per heavy atom. The van der Waals surface area contributed by atoms with E-state index in [1.807, 2.05) is 18.2 Å². The van der Waals surface area contributed by atoms with Gasteiger partial charge < -0.3 is 11.1 Å². The maximum Gasteiger partial charge on any atom is 0.175 e. The molecular weight excluding hydrogens is 408 g/mol. The molecule has 3 N–H and O–H groups in total. The highest BCUT2D eigenvalue weighted by atomic mass is 79.9. The van der Waals surface area contributed by atoms with E-state index in [1.165, 1.54) is 12.1 Å². The van der Waals surface area contributed by atoms with Gasteiger partial charge in [0.25, 0.3) is 0 Å². The van der Waals surface area contributed by atoms with Crippen molar-refractivity contribution in [3.8, 4) is 0 Å². The van der Waals surface area contributed by atoms with E-state index in [0.29, 0.717) is 11.4 Å². The minimum Gasteiger partial charge on any atom is -0.397 e. The largest absolute Gasteiger partial charge is 0.397 e. The van der Waals surface area contributed by atoms with Gasteiger partial charge in [-0.1, -0.05) is 15.9 Å².